The van der Waals surface area contributed by atoms with Crippen LogP contribution in [0.25, 0.3) is 0 Å². The summed E-state index contributed by atoms with van der Waals surface area (Å²) in [5, 5.41) is 0. The minimum atomic E-state index is -0.226. The number of allylic oxidation sites excluding steroid dienone is 2. The predicted molar refractivity (Wildman–Crippen MR) is 48.5 cm³/mol. The number of rotatable bonds is 2. The summed E-state index contributed by atoms with van der Waals surface area (Å²) in [7, 11) is 0. The first-order chi connectivity index (χ1) is 4.89. The molecule has 0 atom stereocenters. The molecule has 0 aliphatic rings. The summed E-state index contributed by atoms with van der Waals surface area (Å²) in [5.74, 6) is 0.249. The first-order valence-electron chi connectivity index (χ1n) is 4.11. The van der Waals surface area contributed by atoms with Crippen LogP contribution in [0, 0.1) is 5.41 Å². The highest BCUT2D eigenvalue weighted by Crippen LogP contribution is 2.19. The number of carbonyl (C=O) groups excluding carboxylic acids is 1. The SMILES string of the molecule is CC/C=C(\C)C(=O)C(C)(C)C. The molecule has 0 N–H and O–H groups in total. The summed E-state index contributed by atoms with van der Waals surface area (Å²) in [6, 6.07) is 0. The van der Waals surface area contributed by atoms with Crippen LogP contribution in [0.2, 0.25) is 0 Å². The third-order valence-electron chi connectivity index (χ3n) is 1.55. The van der Waals surface area contributed by atoms with Crippen molar-refractivity contribution in [2.45, 2.75) is 41.0 Å². The zero-order valence-electron chi connectivity index (χ0n) is 8.19. The van der Waals surface area contributed by atoms with Crippen molar-refractivity contribution in [3.05, 3.63) is 11.6 Å². The molecule has 64 valence electrons. The van der Waals surface area contributed by atoms with Crippen LogP contribution in [0.4, 0.5) is 0 Å². The average molecular weight is 154 g/mol. The molecule has 0 fully saturated rings. The molecule has 0 aromatic rings. The lowest BCUT2D eigenvalue weighted by Crippen LogP contribution is -2.20. The normalized spacial score (nSPS) is 13.4. The van der Waals surface area contributed by atoms with E-state index in [0.29, 0.717) is 0 Å². The third-order valence-corrected chi connectivity index (χ3v) is 1.55. The fourth-order valence-electron chi connectivity index (χ4n) is 0.990. The Balaban J connectivity index is 4.39. The minimum absolute atomic E-state index is 0.226. The lowest BCUT2D eigenvalue weighted by atomic mass is 9.86. The van der Waals surface area contributed by atoms with Crippen molar-refractivity contribution < 1.29 is 4.79 Å². The van der Waals surface area contributed by atoms with Gasteiger partial charge in [0.1, 0.15) is 0 Å². The smallest absolute Gasteiger partial charge is 0.163 e. The van der Waals surface area contributed by atoms with E-state index < -0.39 is 0 Å². The Kier molecular flexibility index (Phi) is 3.50. The maximum absolute atomic E-state index is 11.5. The van der Waals surface area contributed by atoms with Gasteiger partial charge in [0.2, 0.25) is 0 Å². The average Bonchev–Trinajstić information content (AvgIpc) is 1.85. The molecular weight excluding hydrogens is 136 g/mol. The van der Waals surface area contributed by atoms with Gasteiger partial charge in [-0.15, -0.1) is 0 Å². The molecule has 0 amide bonds. The van der Waals surface area contributed by atoms with Gasteiger partial charge in [0, 0.05) is 5.41 Å². The molecule has 0 spiro atoms. The zero-order chi connectivity index (χ0) is 9.07. The maximum atomic E-state index is 11.5. The Bertz CT molecular complexity index is 170. The van der Waals surface area contributed by atoms with Gasteiger partial charge >= 0.3 is 0 Å². The second-order valence-electron chi connectivity index (χ2n) is 3.87. The van der Waals surface area contributed by atoms with Crippen molar-refractivity contribution >= 4 is 5.78 Å². The van der Waals surface area contributed by atoms with E-state index >= 15 is 0 Å². The summed E-state index contributed by atoms with van der Waals surface area (Å²) in [6.45, 7) is 9.77. The van der Waals surface area contributed by atoms with E-state index in [4.69, 9.17) is 0 Å². The quantitative estimate of drug-likeness (QED) is 0.559. The number of ketones is 1. The van der Waals surface area contributed by atoms with E-state index in [-0.39, 0.29) is 11.2 Å². The molecule has 11 heavy (non-hydrogen) atoms. The van der Waals surface area contributed by atoms with Crippen LogP contribution in [0.3, 0.4) is 0 Å². The Morgan fingerprint density at radius 1 is 1.36 bits per heavy atom. The van der Waals surface area contributed by atoms with Crippen LogP contribution in [-0.2, 0) is 4.79 Å². The van der Waals surface area contributed by atoms with Gasteiger partial charge < -0.3 is 0 Å². The molecule has 1 heteroatoms. The monoisotopic (exact) mass is 154 g/mol. The van der Waals surface area contributed by atoms with E-state index in [1.165, 1.54) is 0 Å². The molecule has 0 rings (SSSR count). The molecule has 0 aliphatic carbocycles. The second-order valence-corrected chi connectivity index (χ2v) is 3.87. The molecule has 0 saturated heterocycles. The molecule has 0 aromatic carbocycles. The topological polar surface area (TPSA) is 17.1 Å². The van der Waals surface area contributed by atoms with Gasteiger partial charge in [-0.2, -0.15) is 0 Å². The highest BCUT2D eigenvalue weighted by Gasteiger charge is 2.21. The Morgan fingerprint density at radius 3 is 2.09 bits per heavy atom. The lowest BCUT2D eigenvalue weighted by Gasteiger charge is -2.16. The molecule has 0 saturated carbocycles. The summed E-state index contributed by atoms with van der Waals surface area (Å²) < 4.78 is 0. The Morgan fingerprint density at radius 2 is 1.82 bits per heavy atom. The summed E-state index contributed by atoms with van der Waals surface area (Å²) in [4.78, 5) is 11.5. The van der Waals surface area contributed by atoms with E-state index in [9.17, 15) is 4.79 Å². The van der Waals surface area contributed by atoms with Gasteiger partial charge in [-0.05, 0) is 18.9 Å². The van der Waals surface area contributed by atoms with Gasteiger partial charge in [-0.3, -0.25) is 4.79 Å². The fourth-order valence-corrected chi connectivity index (χ4v) is 0.990. The predicted octanol–water partition coefficient (Wildman–Crippen LogP) is 2.96. The standard InChI is InChI=1S/C10H18O/c1-6-7-8(2)9(11)10(3,4)5/h7H,6H2,1-5H3/b8-7+. The first-order valence-corrected chi connectivity index (χ1v) is 4.11. The molecule has 0 aromatic heterocycles. The van der Waals surface area contributed by atoms with E-state index in [1.807, 2.05) is 40.7 Å². The Hall–Kier alpha value is -0.590. The van der Waals surface area contributed by atoms with Crippen molar-refractivity contribution in [3.63, 3.8) is 0 Å². The molecule has 0 aliphatic heterocycles. The van der Waals surface area contributed by atoms with Crippen molar-refractivity contribution in [2.75, 3.05) is 0 Å². The number of hydrogen-bond donors (Lipinski definition) is 0. The van der Waals surface area contributed by atoms with Crippen LogP contribution in [0.5, 0.6) is 0 Å². The lowest BCUT2D eigenvalue weighted by molar-refractivity contribution is -0.122. The molecule has 0 radical (unpaired) electrons. The van der Waals surface area contributed by atoms with Crippen molar-refractivity contribution in [1.82, 2.24) is 0 Å². The van der Waals surface area contributed by atoms with E-state index in [0.717, 1.165) is 12.0 Å². The van der Waals surface area contributed by atoms with E-state index in [1.54, 1.807) is 0 Å². The second kappa shape index (κ2) is 3.70. The summed E-state index contributed by atoms with van der Waals surface area (Å²) in [6.07, 6.45) is 2.92. The summed E-state index contributed by atoms with van der Waals surface area (Å²) >= 11 is 0. The molecule has 1 nitrogen and oxygen atoms in total. The highest BCUT2D eigenvalue weighted by molar-refractivity contribution is 5.98. The van der Waals surface area contributed by atoms with E-state index in [2.05, 4.69) is 0 Å². The Labute approximate surface area is 69.5 Å². The first kappa shape index (κ1) is 10.4. The van der Waals surface area contributed by atoms with Crippen molar-refractivity contribution in [1.29, 1.82) is 0 Å². The van der Waals surface area contributed by atoms with Crippen LogP contribution < -0.4 is 0 Å². The van der Waals surface area contributed by atoms with Gasteiger partial charge in [0.25, 0.3) is 0 Å². The minimum Gasteiger partial charge on any atom is -0.294 e. The van der Waals surface area contributed by atoms with Crippen molar-refractivity contribution in [3.8, 4) is 0 Å². The molecule has 0 unspecified atom stereocenters. The van der Waals surface area contributed by atoms with Gasteiger partial charge in [0.15, 0.2) is 5.78 Å². The van der Waals surface area contributed by atoms with Crippen LogP contribution in [0.1, 0.15) is 41.0 Å². The van der Waals surface area contributed by atoms with Gasteiger partial charge in [0.05, 0.1) is 0 Å². The summed E-state index contributed by atoms with van der Waals surface area (Å²) in [5.41, 5.74) is 0.662. The van der Waals surface area contributed by atoms with Crippen molar-refractivity contribution in [2.24, 2.45) is 5.41 Å². The zero-order valence-corrected chi connectivity index (χ0v) is 8.19. The maximum Gasteiger partial charge on any atom is 0.163 e. The highest BCUT2D eigenvalue weighted by atomic mass is 16.1. The van der Waals surface area contributed by atoms with Gasteiger partial charge in [-0.1, -0.05) is 33.8 Å². The van der Waals surface area contributed by atoms with Crippen LogP contribution >= 0.6 is 0 Å². The largest absolute Gasteiger partial charge is 0.294 e. The third kappa shape index (κ3) is 3.35. The molecule has 0 heterocycles. The van der Waals surface area contributed by atoms with Crippen LogP contribution in [0.15, 0.2) is 11.6 Å². The van der Waals surface area contributed by atoms with Crippen LogP contribution in [-0.4, -0.2) is 5.78 Å². The fraction of sp³-hybridized carbons (Fsp3) is 0.700. The number of carbonyl (C=O) groups is 1. The number of Topliss-reactive ketones (excluding diaryl/α,β-unsaturated/α-hetero) is 1. The van der Waals surface area contributed by atoms with Gasteiger partial charge in [-0.25, -0.2) is 0 Å². The molecular formula is C10H18O. The molecule has 0 bridgehead atoms. The number of hydrogen-bond acceptors (Lipinski definition) is 1.